The van der Waals surface area contributed by atoms with Gasteiger partial charge in [-0.3, -0.25) is 4.79 Å². The van der Waals surface area contributed by atoms with Crippen LogP contribution in [-0.2, 0) is 0 Å². The summed E-state index contributed by atoms with van der Waals surface area (Å²) in [7, 11) is 0. The van der Waals surface area contributed by atoms with Crippen LogP contribution in [0.25, 0.3) is 0 Å². The number of likely N-dealkylation sites (tertiary alicyclic amines) is 1. The Bertz CT molecular complexity index is 467. The predicted molar refractivity (Wildman–Crippen MR) is 75.2 cm³/mol. The van der Waals surface area contributed by atoms with Crippen LogP contribution in [0.2, 0.25) is 0 Å². The second-order valence-corrected chi connectivity index (χ2v) is 5.46. The maximum absolute atomic E-state index is 13.0. The van der Waals surface area contributed by atoms with E-state index in [1.165, 1.54) is 12.1 Å². The molecule has 1 amide bonds. The van der Waals surface area contributed by atoms with Crippen molar-refractivity contribution < 1.29 is 14.3 Å². The van der Waals surface area contributed by atoms with Crippen molar-refractivity contribution in [3.63, 3.8) is 0 Å². The topological polar surface area (TPSA) is 40.5 Å². The molecule has 0 radical (unpaired) electrons. The Morgan fingerprint density at radius 1 is 1.42 bits per heavy atom. The van der Waals surface area contributed by atoms with Crippen molar-refractivity contribution in [3.05, 3.63) is 29.6 Å². The van der Waals surface area contributed by atoms with E-state index in [1.807, 2.05) is 0 Å². The predicted octanol–water partition coefficient (Wildman–Crippen LogP) is 3.31. The van der Waals surface area contributed by atoms with Crippen LogP contribution in [-0.4, -0.2) is 33.8 Å². The molecule has 5 heteroatoms. The first-order valence-corrected chi connectivity index (χ1v) is 7.61. The number of phenolic OH excluding ortho intramolecular Hbond substituents is 1. The van der Waals surface area contributed by atoms with Crippen LogP contribution in [0.5, 0.6) is 5.75 Å². The smallest absolute Gasteiger partial charge is 0.257 e. The summed E-state index contributed by atoms with van der Waals surface area (Å²) in [5, 5.41) is 10.4. The minimum absolute atomic E-state index is 0.138. The van der Waals surface area contributed by atoms with Crippen LogP contribution in [0.4, 0.5) is 4.39 Å². The third-order valence-electron chi connectivity index (χ3n) is 3.51. The molecule has 1 fully saturated rings. The fourth-order valence-corrected chi connectivity index (χ4v) is 3.12. The Hall–Kier alpha value is -1.10. The number of amides is 1. The van der Waals surface area contributed by atoms with Crippen molar-refractivity contribution in [2.45, 2.75) is 31.7 Å². The molecule has 1 aromatic carbocycles. The van der Waals surface area contributed by atoms with Gasteiger partial charge < -0.3 is 10.0 Å². The minimum Gasteiger partial charge on any atom is -0.507 e. The van der Waals surface area contributed by atoms with Gasteiger partial charge in [-0.25, -0.2) is 4.39 Å². The van der Waals surface area contributed by atoms with Crippen LogP contribution >= 0.6 is 15.9 Å². The molecule has 0 aliphatic carbocycles. The summed E-state index contributed by atoms with van der Waals surface area (Å²) in [6.07, 6.45) is 4.15. The molecule has 0 saturated carbocycles. The third kappa shape index (κ3) is 3.26. The molecule has 1 N–H and O–H groups in total. The molecular formula is C14H17BrFNO2. The quantitative estimate of drug-likeness (QED) is 0.845. The van der Waals surface area contributed by atoms with Crippen LogP contribution in [0.3, 0.4) is 0 Å². The second kappa shape index (κ2) is 6.37. The summed E-state index contributed by atoms with van der Waals surface area (Å²) in [5.41, 5.74) is 0.175. The third-order valence-corrected chi connectivity index (χ3v) is 4.25. The molecule has 104 valence electrons. The van der Waals surface area contributed by atoms with Gasteiger partial charge in [0.1, 0.15) is 11.6 Å². The number of hydrogen-bond donors (Lipinski definition) is 1. The largest absolute Gasteiger partial charge is 0.507 e. The highest BCUT2D eigenvalue weighted by molar-refractivity contribution is 9.09. The zero-order valence-electron chi connectivity index (χ0n) is 10.6. The molecule has 3 nitrogen and oxygen atoms in total. The SMILES string of the molecule is O=C(c1ccc(F)cc1O)N1CCCCCC1CBr. The van der Waals surface area contributed by atoms with Crippen LogP contribution in [0.15, 0.2) is 18.2 Å². The fraction of sp³-hybridized carbons (Fsp3) is 0.500. The first kappa shape index (κ1) is 14.3. The molecule has 1 atom stereocenters. The highest BCUT2D eigenvalue weighted by atomic mass is 79.9. The standard InChI is InChI=1S/C14H17BrFNO2/c15-9-11-4-2-1-3-7-17(11)14(19)12-6-5-10(16)8-13(12)18/h5-6,8,11,18H,1-4,7,9H2. The van der Waals surface area contributed by atoms with Crippen molar-refractivity contribution in [1.29, 1.82) is 0 Å². The van der Waals surface area contributed by atoms with Crippen LogP contribution in [0, 0.1) is 5.82 Å². The summed E-state index contributed by atoms with van der Waals surface area (Å²) in [5.74, 6) is -1.05. The van der Waals surface area contributed by atoms with E-state index in [0.29, 0.717) is 6.54 Å². The Balaban J connectivity index is 2.25. The summed E-state index contributed by atoms with van der Waals surface area (Å²) in [6, 6.07) is 3.67. The summed E-state index contributed by atoms with van der Waals surface area (Å²) < 4.78 is 13.0. The molecule has 1 saturated heterocycles. The number of carbonyl (C=O) groups excluding carboxylic acids is 1. The Labute approximate surface area is 120 Å². The van der Waals surface area contributed by atoms with Crippen LogP contribution < -0.4 is 0 Å². The maximum Gasteiger partial charge on any atom is 0.257 e. The summed E-state index contributed by atoms with van der Waals surface area (Å²) >= 11 is 3.44. The number of halogens is 2. The van der Waals surface area contributed by atoms with E-state index in [0.717, 1.165) is 37.1 Å². The lowest BCUT2D eigenvalue weighted by Crippen LogP contribution is -2.41. The lowest BCUT2D eigenvalue weighted by atomic mass is 10.1. The molecule has 0 bridgehead atoms. The first-order chi connectivity index (χ1) is 9.13. The van der Waals surface area contributed by atoms with Gasteiger partial charge in [0.15, 0.2) is 0 Å². The number of benzene rings is 1. The molecule has 19 heavy (non-hydrogen) atoms. The average Bonchev–Trinajstić information content (AvgIpc) is 2.63. The molecular weight excluding hydrogens is 313 g/mol. The van der Waals surface area contributed by atoms with E-state index in [1.54, 1.807) is 4.90 Å². The van der Waals surface area contributed by atoms with Gasteiger partial charge in [0.2, 0.25) is 0 Å². The van der Waals surface area contributed by atoms with Gasteiger partial charge in [-0.1, -0.05) is 28.8 Å². The van der Waals surface area contributed by atoms with Gasteiger partial charge in [0.25, 0.3) is 5.91 Å². The maximum atomic E-state index is 13.0. The lowest BCUT2D eigenvalue weighted by molar-refractivity contribution is 0.0699. The van der Waals surface area contributed by atoms with E-state index < -0.39 is 5.82 Å². The van der Waals surface area contributed by atoms with Gasteiger partial charge >= 0.3 is 0 Å². The van der Waals surface area contributed by atoms with E-state index in [4.69, 9.17) is 0 Å². The molecule has 1 heterocycles. The zero-order valence-corrected chi connectivity index (χ0v) is 12.2. The van der Waals surface area contributed by atoms with Crippen molar-refractivity contribution in [3.8, 4) is 5.75 Å². The van der Waals surface area contributed by atoms with Crippen molar-refractivity contribution >= 4 is 21.8 Å². The van der Waals surface area contributed by atoms with Crippen LogP contribution in [0.1, 0.15) is 36.0 Å². The molecule has 1 aliphatic heterocycles. The molecule has 0 aromatic heterocycles. The molecule has 0 spiro atoms. The normalized spacial score (nSPS) is 20.1. The molecule has 1 aromatic rings. The lowest BCUT2D eigenvalue weighted by Gasteiger charge is -2.29. The summed E-state index contributed by atoms with van der Waals surface area (Å²) in [4.78, 5) is 14.3. The number of phenols is 1. The van der Waals surface area contributed by atoms with Crippen molar-refractivity contribution in [2.75, 3.05) is 11.9 Å². The number of hydrogen-bond acceptors (Lipinski definition) is 2. The van der Waals surface area contributed by atoms with Gasteiger partial charge in [0.05, 0.1) is 5.56 Å². The number of rotatable bonds is 2. The van der Waals surface area contributed by atoms with E-state index in [2.05, 4.69) is 15.9 Å². The Kier molecular flexibility index (Phi) is 4.80. The Morgan fingerprint density at radius 2 is 2.21 bits per heavy atom. The molecule has 2 rings (SSSR count). The van der Waals surface area contributed by atoms with E-state index in [-0.39, 0.29) is 23.3 Å². The van der Waals surface area contributed by atoms with E-state index >= 15 is 0 Å². The molecule has 1 unspecified atom stereocenters. The average molecular weight is 330 g/mol. The summed E-state index contributed by atoms with van der Waals surface area (Å²) in [6.45, 7) is 0.686. The first-order valence-electron chi connectivity index (χ1n) is 6.49. The van der Waals surface area contributed by atoms with Gasteiger partial charge in [0, 0.05) is 24.0 Å². The monoisotopic (exact) mass is 329 g/mol. The second-order valence-electron chi connectivity index (χ2n) is 4.82. The number of alkyl halides is 1. The van der Waals surface area contributed by atoms with Gasteiger partial charge in [-0.2, -0.15) is 0 Å². The van der Waals surface area contributed by atoms with Crippen molar-refractivity contribution in [1.82, 2.24) is 4.90 Å². The highest BCUT2D eigenvalue weighted by Crippen LogP contribution is 2.25. The highest BCUT2D eigenvalue weighted by Gasteiger charge is 2.27. The number of nitrogens with zero attached hydrogens (tertiary/aromatic N) is 1. The zero-order chi connectivity index (χ0) is 13.8. The van der Waals surface area contributed by atoms with Crippen molar-refractivity contribution in [2.24, 2.45) is 0 Å². The van der Waals surface area contributed by atoms with Gasteiger partial charge in [-0.05, 0) is 25.0 Å². The number of aromatic hydroxyl groups is 1. The van der Waals surface area contributed by atoms with E-state index in [9.17, 15) is 14.3 Å². The van der Waals surface area contributed by atoms with Gasteiger partial charge in [-0.15, -0.1) is 0 Å². The fourth-order valence-electron chi connectivity index (χ4n) is 2.45. The Morgan fingerprint density at radius 3 is 2.89 bits per heavy atom. The minimum atomic E-state index is -0.540. The molecule has 1 aliphatic rings. The number of carbonyl (C=O) groups is 1.